The van der Waals surface area contributed by atoms with Crippen molar-refractivity contribution in [2.24, 2.45) is 0 Å². The molecule has 0 unspecified atom stereocenters. The van der Waals surface area contributed by atoms with Gasteiger partial charge >= 0.3 is 0 Å². The first-order valence-electron chi connectivity index (χ1n) is 9.66. The van der Waals surface area contributed by atoms with E-state index in [1.807, 2.05) is 30.3 Å². The van der Waals surface area contributed by atoms with Crippen molar-refractivity contribution in [2.75, 3.05) is 11.1 Å². The van der Waals surface area contributed by atoms with Crippen LogP contribution in [0.25, 0.3) is 5.69 Å². The molecule has 0 bridgehead atoms. The highest BCUT2D eigenvalue weighted by Crippen LogP contribution is 2.30. The summed E-state index contributed by atoms with van der Waals surface area (Å²) in [6.07, 6.45) is 0. The fourth-order valence-electron chi connectivity index (χ4n) is 3.73. The van der Waals surface area contributed by atoms with Crippen LogP contribution in [-0.2, 0) is 0 Å². The molecule has 4 aromatic rings. The molecule has 0 atom stereocenters. The first-order chi connectivity index (χ1) is 15.5. The maximum atomic E-state index is 13.0. The van der Waals surface area contributed by atoms with Crippen LogP contribution in [0, 0.1) is 3.95 Å². The number of nitrogens with one attached hydrogen (secondary N) is 1. The summed E-state index contributed by atoms with van der Waals surface area (Å²) in [4.78, 5) is 38.9. The molecule has 3 aromatic carbocycles. The van der Waals surface area contributed by atoms with Gasteiger partial charge in [0, 0.05) is 33.6 Å². The molecule has 0 aliphatic heterocycles. The van der Waals surface area contributed by atoms with Gasteiger partial charge in [-0.25, -0.2) is 0 Å². The van der Waals surface area contributed by atoms with Gasteiger partial charge in [-0.3, -0.25) is 19.0 Å². The number of amides is 1. The van der Waals surface area contributed by atoms with Crippen molar-refractivity contribution in [3.8, 4) is 5.69 Å². The molecule has 1 aliphatic rings. The van der Waals surface area contributed by atoms with Gasteiger partial charge in [-0.1, -0.05) is 53.8 Å². The Bertz CT molecular complexity index is 1490. The number of nitrogens with two attached hydrogens (primary N) is 1. The summed E-state index contributed by atoms with van der Waals surface area (Å²) in [5, 5.41) is 2.77. The average molecular weight is 458 g/mol. The van der Waals surface area contributed by atoms with Crippen LogP contribution in [0.2, 0.25) is 0 Å². The number of carbonyl (C=O) groups excluding carboxylic acids is 3. The SMILES string of the molecule is Nc1c(C(=O)Nc2ccc3c(c2)C(=O)c2ccccc2C3=O)sc(=S)n1-c1ccccc1. The maximum absolute atomic E-state index is 13.0. The minimum absolute atomic E-state index is 0.213. The van der Waals surface area contributed by atoms with Gasteiger partial charge in [-0.05, 0) is 42.5 Å². The van der Waals surface area contributed by atoms with E-state index in [0.717, 1.165) is 17.0 Å². The molecule has 0 saturated heterocycles. The zero-order chi connectivity index (χ0) is 22.4. The lowest BCUT2D eigenvalue weighted by Gasteiger charge is -2.18. The summed E-state index contributed by atoms with van der Waals surface area (Å²) in [5.74, 6) is -0.669. The van der Waals surface area contributed by atoms with E-state index >= 15 is 0 Å². The third-order valence-electron chi connectivity index (χ3n) is 5.25. The molecule has 32 heavy (non-hydrogen) atoms. The number of thiazole rings is 1. The Morgan fingerprint density at radius 3 is 2.12 bits per heavy atom. The van der Waals surface area contributed by atoms with Crippen LogP contribution in [0.4, 0.5) is 11.5 Å². The Labute approximate surface area is 191 Å². The van der Waals surface area contributed by atoms with Gasteiger partial charge in [0.2, 0.25) is 0 Å². The number of anilines is 2. The number of ketones is 2. The van der Waals surface area contributed by atoms with E-state index in [1.54, 1.807) is 41.0 Å². The van der Waals surface area contributed by atoms with Crippen LogP contribution in [0.5, 0.6) is 0 Å². The standard InChI is InChI=1S/C24H15N3O3S2/c25-22-21(32-24(31)27(22)14-6-2-1-3-7-14)23(30)26-13-10-11-17-18(12-13)20(29)16-9-5-4-8-15(16)19(17)28/h1-12H,25H2,(H,26,30). The van der Waals surface area contributed by atoms with E-state index in [9.17, 15) is 14.4 Å². The summed E-state index contributed by atoms with van der Waals surface area (Å²) in [5.41, 5.74) is 8.71. The Kier molecular flexibility index (Phi) is 4.80. The third-order valence-corrected chi connectivity index (χ3v) is 6.64. The molecule has 156 valence electrons. The number of fused-ring (bicyclic) bond motifs is 2. The molecule has 0 radical (unpaired) electrons. The normalized spacial score (nSPS) is 12.2. The van der Waals surface area contributed by atoms with Gasteiger partial charge in [-0.15, -0.1) is 0 Å². The summed E-state index contributed by atoms with van der Waals surface area (Å²) >= 11 is 6.51. The Morgan fingerprint density at radius 1 is 0.844 bits per heavy atom. The Hall–Kier alpha value is -3.88. The quantitative estimate of drug-likeness (QED) is 0.377. The number of para-hydroxylation sites is 1. The molecule has 1 amide bonds. The lowest BCUT2D eigenvalue weighted by molar-refractivity contribution is 0.0979. The van der Waals surface area contributed by atoms with E-state index < -0.39 is 5.91 Å². The lowest BCUT2D eigenvalue weighted by atomic mass is 9.84. The van der Waals surface area contributed by atoms with Gasteiger partial charge in [0.1, 0.15) is 10.7 Å². The second-order valence-electron chi connectivity index (χ2n) is 7.17. The summed E-state index contributed by atoms with van der Waals surface area (Å²) < 4.78 is 2.09. The zero-order valence-corrected chi connectivity index (χ0v) is 18.1. The van der Waals surface area contributed by atoms with E-state index in [0.29, 0.717) is 26.3 Å². The smallest absolute Gasteiger partial charge is 0.269 e. The van der Waals surface area contributed by atoms with Gasteiger partial charge in [0.15, 0.2) is 15.5 Å². The van der Waals surface area contributed by atoms with Crippen molar-refractivity contribution >= 4 is 52.5 Å². The van der Waals surface area contributed by atoms with Crippen LogP contribution >= 0.6 is 23.6 Å². The lowest BCUT2D eigenvalue weighted by Crippen LogP contribution is -2.21. The fraction of sp³-hybridized carbons (Fsp3) is 0. The van der Waals surface area contributed by atoms with Crippen molar-refractivity contribution in [3.05, 3.63) is 104 Å². The zero-order valence-electron chi connectivity index (χ0n) is 16.5. The van der Waals surface area contributed by atoms with Gasteiger partial charge in [0.05, 0.1) is 0 Å². The fourth-order valence-corrected chi connectivity index (χ4v) is 5.00. The predicted octanol–water partition coefficient (Wildman–Crippen LogP) is 4.88. The molecule has 1 aromatic heterocycles. The highest BCUT2D eigenvalue weighted by molar-refractivity contribution is 7.73. The number of rotatable bonds is 3. The molecule has 5 rings (SSSR count). The number of nitrogen functional groups attached to an aromatic ring is 1. The Morgan fingerprint density at radius 2 is 1.44 bits per heavy atom. The predicted molar refractivity (Wildman–Crippen MR) is 127 cm³/mol. The first kappa shape index (κ1) is 20.0. The summed E-state index contributed by atoms with van der Waals surface area (Å²) in [7, 11) is 0. The molecule has 6 nitrogen and oxygen atoms in total. The molecule has 8 heteroatoms. The second kappa shape index (κ2) is 7.67. The molecular formula is C24H15N3O3S2. The molecule has 3 N–H and O–H groups in total. The van der Waals surface area contributed by atoms with Gasteiger partial charge in [0.25, 0.3) is 5.91 Å². The number of benzene rings is 3. The van der Waals surface area contributed by atoms with Crippen LogP contribution in [-0.4, -0.2) is 22.0 Å². The van der Waals surface area contributed by atoms with Gasteiger partial charge < -0.3 is 11.1 Å². The summed E-state index contributed by atoms with van der Waals surface area (Å²) in [6.45, 7) is 0. The number of aromatic nitrogens is 1. The molecule has 1 aliphatic carbocycles. The first-order valence-corrected chi connectivity index (χ1v) is 10.9. The maximum Gasteiger partial charge on any atom is 0.269 e. The van der Waals surface area contributed by atoms with E-state index in [-0.39, 0.29) is 27.8 Å². The average Bonchev–Trinajstić information content (AvgIpc) is 3.12. The monoisotopic (exact) mass is 457 g/mol. The van der Waals surface area contributed by atoms with Crippen molar-refractivity contribution in [1.29, 1.82) is 0 Å². The minimum Gasteiger partial charge on any atom is -0.383 e. The van der Waals surface area contributed by atoms with Crippen LogP contribution < -0.4 is 11.1 Å². The summed E-state index contributed by atoms with van der Waals surface area (Å²) in [6, 6.07) is 20.7. The highest BCUT2D eigenvalue weighted by Gasteiger charge is 2.29. The van der Waals surface area contributed by atoms with Crippen molar-refractivity contribution in [3.63, 3.8) is 0 Å². The van der Waals surface area contributed by atoms with Crippen LogP contribution in [0.3, 0.4) is 0 Å². The number of hydrogen-bond donors (Lipinski definition) is 2. The van der Waals surface area contributed by atoms with E-state index in [1.165, 1.54) is 6.07 Å². The largest absolute Gasteiger partial charge is 0.383 e. The minimum atomic E-state index is -0.441. The molecule has 0 spiro atoms. The van der Waals surface area contributed by atoms with Crippen LogP contribution in [0.1, 0.15) is 41.5 Å². The van der Waals surface area contributed by atoms with Crippen molar-refractivity contribution in [1.82, 2.24) is 4.57 Å². The number of nitrogens with zero attached hydrogens (tertiary/aromatic N) is 1. The topological polar surface area (TPSA) is 94.2 Å². The third kappa shape index (κ3) is 3.17. The molecular weight excluding hydrogens is 442 g/mol. The Balaban J connectivity index is 1.48. The number of hydrogen-bond acceptors (Lipinski definition) is 6. The van der Waals surface area contributed by atoms with E-state index in [4.69, 9.17) is 18.0 Å². The van der Waals surface area contributed by atoms with Crippen LogP contribution in [0.15, 0.2) is 72.8 Å². The van der Waals surface area contributed by atoms with Gasteiger partial charge in [-0.2, -0.15) is 0 Å². The highest BCUT2D eigenvalue weighted by atomic mass is 32.1. The van der Waals surface area contributed by atoms with Crippen molar-refractivity contribution < 1.29 is 14.4 Å². The van der Waals surface area contributed by atoms with E-state index in [2.05, 4.69) is 5.32 Å². The number of carbonyl (C=O) groups is 3. The molecule has 0 fully saturated rings. The second-order valence-corrected chi connectivity index (χ2v) is 8.82. The molecule has 0 saturated carbocycles. The molecule has 1 heterocycles. The van der Waals surface area contributed by atoms with Crippen molar-refractivity contribution in [2.45, 2.75) is 0 Å².